The van der Waals surface area contributed by atoms with Gasteiger partial charge in [-0.3, -0.25) is 9.69 Å². The molecule has 1 aromatic rings. The molecule has 1 aliphatic rings. The van der Waals surface area contributed by atoms with Crippen LogP contribution in [0.15, 0.2) is 12.1 Å². The fraction of sp³-hybridized carbons (Fsp3) is 0.500. The first-order chi connectivity index (χ1) is 9.00. The molecule has 1 aromatic carbocycles. The van der Waals surface area contributed by atoms with E-state index in [1.807, 2.05) is 24.9 Å². The molecule has 0 bridgehead atoms. The number of hydrogen-bond acceptors (Lipinski definition) is 4. The lowest BCUT2D eigenvalue weighted by Crippen LogP contribution is -2.49. The number of anilines is 1. The van der Waals surface area contributed by atoms with Crippen LogP contribution in [0.1, 0.15) is 11.1 Å². The van der Waals surface area contributed by atoms with E-state index in [-0.39, 0.29) is 17.7 Å². The van der Waals surface area contributed by atoms with Crippen molar-refractivity contribution in [3.8, 4) is 5.75 Å². The number of aryl methyl sites for hydroxylation is 1. The van der Waals surface area contributed by atoms with Crippen LogP contribution in [0, 0.1) is 13.8 Å². The van der Waals surface area contributed by atoms with Gasteiger partial charge >= 0.3 is 0 Å². The molecule has 1 aliphatic heterocycles. The minimum Gasteiger partial charge on any atom is -0.507 e. The average molecular weight is 264 g/mol. The lowest BCUT2D eigenvalue weighted by molar-refractivity contribution is -0.126. The summed E-state index contributed by atoms with van der Waals surface area (Å²) in [6.07, 6.45) is 0. The number of phenols is 1. The van der Waals surface area contributed by atoms with E-state index in [0.717, 1.165) is 12.1 Å². The van der Waals surface area contributed by atoms with Gasteiger partial charge in [-0.25, -0.2) is 0 Å². The Balaban J connectivity index is 2.12. The van der Waals surface area contributed by atoms with Crippen LogP contribution in [-0.2, 0) is 9.53 Å². The second kappa shape index (κ2) is 5.59. The third kappa shape index (κ3) is 2.88. The van der Waals surface area contributed by atoms with Crippen molar-refractivity contribution < 1.29 is 14.6 Å². The number of likely N-dealkylation sites (N-methyl/N-ethyl adjacent to an activating group) is 1. The number of amides is 1. The summed E-state index contributed by atoms with van der Waals surface area (Å²) in [4.78, 5) is 14.2. The first-order valence-electron chi connectivity index (χ1n) is 6.38. The number of carbonyl (C=O) groups excluding carboxylic acids is 1. The summed E-state index contributed by atoms with van der Waals surface area (Å²) in [5.41, 5.74) is 2.13. The van der Waals surface area contributed by atoms with Gasteiger partial charge in [0.25, 0.3) is 0 Å². The maximum atomic E-state index is 12.2. The maximum absolute atomic E-state index is 12.2. The molecule has 1 heterocycles. The Morgan fingerprint density at radius 3 is 2.89 bits per heavy atom. The summed E-state index contributed by atoms with van der Waals surface area (Å²) < 4.78 is 5.33. The minimum atomic E-state index is -0.281. The number of nitrogens with zero attached hydrogens (tertiary/aromatic N) is 1. The maximum Gasteiger partial charge on any atom is 0.244 e. The van der Waals surface area contributed by atoms with Crippen LogP contribution >= 0.6 is 0 Å². The summed E-state index contributed by atoms with van der Waals surface area (Å²) in [7, 11) is 1.91. The summed E-state index contributed by atoms with van der Waals surface area (Å²) in [5.74, 6) is 0.125. The van der Waals surface area contributed by atoms with E-state index in [2.05, 4.69) is 5.32 Å². The average Bonchev–Trinajstić information content (AvgIpc) is 2.40. The van der Waals surface area contributed by atoms with Crippen molar-refractivity contribution in [2.75, 3.05) is 32.1 Å². The van der Waals surface area contributed by atoms with Gasteiger partial charge in [-0.15, -0.1) is 0 Å². The lowest BCUT2D eigenvalue weighted by atomic mass is 10.1. The van der Waals surface area contributed by atoms with E-state index in [1.165, 1.54) is 0 Å². The predicted octanol–water partition coefficient (Wildman–Crippen LogP) is 1.28. The Labute approximate surface area is 113 Å². The molecule has 1 amide bonds. The van der Waals surface area contributed by atoms with Crippen LogP contribution in [0.25, 0.3) is 0 Å². The Morgan fingerprint density at radius 2 is 2.21 bits per heavy atom. The largest absolute Gasteiger partial charge is 0.507 e. The fourth-order valence-corrected chi connectivity index (χ4v) is 2.15. The third-order valence-corrected chi connectivity index (χ3v) is 3.59. The number of ether oxygens (including phenoxy) is 1. The molecule has 1 fully saturated rings. The van der Waals surface area contributed by atoms with Crippen LogP contribution < -0.4 is 5.32 Å². The highest BCUT2D eigenvalue weighted by atomic mass is 16.5. The monoisotopic (exact) mass is 264 g/mol. The number of phenolic OH excluding ortho intramolecular Hbond substituents is 1. The van der Waals surface area contributed by atoms with Gasteiger partial charge in [0.05, 0.1) is 13.2 Å². The van der Waals surface area contributed by atoms with Crippen molar-refractivity contribution in [1.29, 1.82) is 0 Å². The van der Waals surface area contributed by atoms with E-state index in [4.69, 9.17) is 4.74 Å². The summed E-state index contributed by atoms with van der Waals surface area (Å²) >= 11 is 0. The van der Waals surface area contributed by atoms with Crippen LogP contribution in [0.2, 0.25) is 0 Å². The molecule has 1 atom stereocenters. The Kier molecular flexibility index (Phi) is 4.07. The Hall–Kier alpha value is -1.59. The highest BCUT2D eigenvalue weighted by molar-refractivity contribution is 5.96. The first-order valence-corrected chi connectivity index (χ1v) is 6.38. The van der Waals surface area contributed by atoms with Crippen molar-refractivity contribution in [1.82, 2.24) is 4.90 Å². The van der Waals surface area contributed by atoms with E-state index < -0.39 is 0 Å². The molecule has 104 valence electrons. The normalized spacial score (nSPS) is 20.3. The van der Waals surface area contributed by atoms with Crippen molar-refractivity contribution in [2.24, 2.45) is 0 Å². The van der Waals surface area contributed by atoms with Gasteiger partial charge in [-0.05, 0) is 32.5 Å². The molecule has 1 unspecified atom stereocenters. The SMILES string of the molecule is Cc1ccc(NC(=O)C2COCCN2C)c(C)c1O. The molecule has 0 saturated carbocycles. The summed E-state index contributed by atoms with van der Waals surface area (Å²) in [5, 5.41) is 12.7. The smallest absolute Gasteiger partial charge is 0.244 e. The molecule has 2 rings (SSSR count). The lowest BCUT2D eigenvalue weighted by Gasteiger charge is -2.31. The number of nitrogens with one attached hydrogen (secondary N) is 1. The molecule has 19 heavy (non-hydrogen) atoms. The molecule has 0 spiro atoms. The van der Waals surface area contributed by atoms with Gasteiger partial charge in [-0.1, -0.05) is 6.07 Å². The number of rotatable bonds is 2. The number of carbonyl (C=O) groups is 1. The Morgan fingerprint density at radius 1 is 1.47 bits per heavy atom. The van der Waals surface area contributed by atoms with Crippen molar-refractivity contribution in [3.05, 3.63) is 23.3 Å². The van der Waals surface area contributed by atoms with Crippen molar-refractivity contribution in [3.63, 3.8) is 0 Å². The zero-order valence-corrected chi connectivity index (χ0v) is 11.6. The Bertz CT molecular complexity index is 488. The zero-order valence-electron chi connectivity index (χ0n) is 11.6. The van der Waals surface area contributed by atoms with E-state index in [9.17, 15) is 9.90 Å². The van der Waals surface area contributed by atoms with Gasteiger partial charge in [0.2, 0.25) is 5.91 Å². The molecule has 5 heteroatoms. The van der Waals surface area contributed by atoms with E-state index in [1.54, 1.807) is 13.0 Å². The predicted molar refractivity (Wildman–Crippen MR) is 73.4 cm³/mol. The first kappa shape index (κ1) is 13.8. The fourth-order valence-electron chi connectivity index (χ4n) is 2.15. The van der Waals surface area contributed by atoms with Gasteiger partial charge in [0, 0.05) is 17.8 Å². The molecule has 0 aromatic heterocycles. The topological polar surface area (TPSA) is 61.8 Å². The quantitative estimate of drug-likeness (QED) is 0.844. The number of benzene rings is 1. The highest BCUT2D eigenvalue weighted by Crippen LogP contribution is 2.28. The molecular weight excluding hydrogens is 244 g/mol. The van der Waals surface area contributed by atoms with Gasteiger partial charge in [0.1, 0.15) is 11.8 Å². The van der Waals surface area contributed by atoms with Crippen LogP contribution in [0.4, 0.5) is 5.69 Å². The second-order valence-corrected chi connectivity index (χ2v) is 4.96. The van der Waals surface area contributed by atoms with Crippen LogP contribution in [0.5, 0.6) is 5.75 Å². The summed E-state index contributed by atoms with van der Waals surface area (Å²) in [6.45, 7) is 5.43. The van der Waals surface area contributed by atoms with Gasteiger partial charge < -0.3 is 15.2 Å². The highest BCUT2D eigenvalue weighted by Gasteiger charge is 2.27. The molecule has 1 saturated heterocycles. The number of hydrogen-bond donors (Lipinski definition) is 2. The second-order valence-electron chi connectivity index (χ2n) is 4.96. The van der Waals surface area contributed by atoms with Gasteiger partial charge in [0.15, 0.2) is 0 Å². The van der Waals surface area contributed by atoms with E-state index in [0.29, 0.717) is 24.5 Å². The third-order valence-electron chi connectivity index (χ3n) is 3.59. The molecule has 5 nitrogen and oxygen atoms in total. The molecule has 2 N–H and O–H groups in total. The van der Waals surface area contributed by atoms with Crippen molar-refractivity contribution in [2.45, 2.75) is 19.9 Å². The summed E-state index contributed by atoms with van der Waals surface area (Å²) in [6, 6.07) is 3.32. The molecule has 0 radical (unpaired) electrons. The number of morpholine rings is 1. The van der Waals surface area contributed by atoms with E-state index >= 15 is 0 Å². The zero-order chi connectivity index (χ0) is 14.0. The standard InChI is InChI=1S/C14H20N2O3/c1-9-4-5-11(10(2)13(9)17)15-14(18)12-8-19-7-6-16(12)3/h4-5,12,17H,6-8H2,1-3H3,(H,15,18). The van der Waals surface area contributed by atoms with Gasteiger partial charge in [-0.2, -0.15) is 0 Å². The number of aromatic hydroxyl groups is 1. The molecule has 0 aliphatic carbocycles. The molecular formula is C14H20N2O3. The minimum absolute atomic E-state index is 0.103. The van der Waals surface area contributed by atoms with Crippen molar-refractivity contribution >= 4 is 11.6 Å². The van der Waals surface area contributed by atoms with Crippen LogP contribution in [0.3, 0.4) is 0 Å². The van der Waals surface area contributed by atoms with Crippen LogP contribution in [-0.4, -0.2) is 48.8 Å².